The third-order valence-corrected chi connectivity index (χ3v) is 5.57. The van der Waals surface area contributed by atoms with Gasteiger partial charge in [-0.25, -0.2) is 4.79 Å². The molecule has 3 aliphatic heterocycles. The fraction of sp³-hybridized carbons (Fsp3) is 0.500. The molecule has 28 heavy (non-hydrogen) atoms. The highest BCUT2D eigenvalue weighted by Gasteiger charge is 2.46. The Hall–Kier alpha value is -2.69. The normalized spacial score (nSPS) is 27.4. The first kappa shape index (κ1) is 18.7. The van der Waals surface area contributed by atoms with Crippen LogP contribution in [0.2, 0.25) is 0 Å². The van der Waals surface area contributed by atoms with Crippen molar-refractivity contribution in [3.05, 3.63) is 23.4 Å². The average Bonchev–Trinajstić information content (AvgIpc) is 2.84. The van der Waals surface area contributed by atoms with Gasteiger partial charge in [-0.2, -0.15) is 0 Å². The Kier molecular flexibility index (Phi) is 4.48. The lowest BCUT2D eigenvalue weighted by atomic mass is 10.0. The molecule has 2 N–H and O–H groups in total. The Morgan fingerprint density at radius 3 is 2.82 bits per heavy atom. The Morgan fingerprint density at radius 1 is 1.39 bits per heavy atom. The molecule has 2 amide bonds. The van der Waals surface area contributed by atoms with Crippen LogP contribution in [0, 0.1) is 5.21 Å². The molecule has 1 aromatic rings. The highest BCUT2D eigenvalue weighted by molar-refractivity contribution is 6.02. The van der Waals surface area contributed by atoms with Crippen LogP contribution in [-0.2, 0) is 19.1 Å². The summed E-state index contributed by atoms with van der Waals surface area (Å²) < 4.78 is 4.47. The van der Waals surface area contributed by atoms with E-state index in [9.17, 15) is 19.6 Å². The van der Waals surface area contributed by atoms with Gasteiger partial charge in [0.2, 0.25) is 5.91 Å². The van der Waals surface area contributed by atoms with E-state index in [0.29, 0.717) is 18.8 Å². The molecule has 0 bridgehead atoms. The predicted molar refractivity (Wildman–Crippen MR) is 101 cm³/mol. The number of amides is 2. The predicted octanol–water partition coefficient (Wildman–Crippen LogP) is -0.00600. The van der Waals surface area contributed by atoms with Gasteiger partial charge in [-0.05, 0) is 12.1 Å². The SMILES string of the molecule is CN1C[N+]([O-])(C2CCC(=O)NC2=O)c2ccc(N3CC(OCC(=O)O)C3)cc21. The number of rotatable bonds is 5. The molecule has 3 heterocycles. The molecule has 10 heteroatoms. The van der Waals surface area contributed by atoms with Crippen molar-refractivity contribution in [3.63, 3.8) is 0 Å². The zero-order valence-electron chi connectivity index (χ0n) is 15.5. The van der Waals surface area contributed by atoms with Gasteiger partial charge in [0.25, 0.3) is 5.91 Å². The van der Waals surface area contributed by atoms with Gasteiger partial charge in [0.05, 0.1) is 6.10 Å². The fourth-order valence-corrected chi connectivity index (χ4v) is 4.09. The van der Waals surface area contributed by atoms with Gasteiger partial charge in [-0.15, -0.1) is 0 Å². The van der Waals surface area contributed by atoms with E-state index in [1.807, 2.05) is 21.9 Å². The lowest BCUT2D eigenvalue weighted by molar-refractivity contribution is -0.145. The summed E-state index contributed by atoms with van der Waals surface area (Å²) in [6.07, 6.45) is 0.277. The van der Waals surface area contributed by atoms with Crippen molar-refractivity contribution in [3.8, 4) is 0 Å². The number of hydrogen-bond acceptors (Lipinski definition) is 7. The van der Waals surface area contributed by atoms with Gasteiger partial charge in [0.15, 0.2) is 18.4 Å². The molecule has 0 radical (unpaired) electrons. The number of benzene rings is 1. The highest BCUT2D eigenvalue weighted by atomic mass is 16.6. The minimum absolute atomic E-state index is 0.107. The molecule has 2 atom stereocenters. The Balaban J connectivity index is 1.51. The summed E-state index contributed by atoms with van der Waals surface area (Å²) in [5, 5.41) is 24.5. The van der Waals surface area contributed by atoms with E-state index in [4.69, 9.17) is 9.84 Å². The van der Waals surface area contributed by atoms with Gasteiger partial charge in [0.1, 0.15) is 12.3 Å². The second-order valence-corrected chi connectivity index (χ2v) is 7.51. The zero-order chi connectivity index (χ0) is 20.1. The number of carbonyl (C=O) groups excluding carboxylic acids is 2. The van der Waals surface area contributed by atoms with Crippen LogP contribution in [0.15, 0.2) is 18.2 Å². The first-order valence-corrected chi connectivity index (χ1v) is 9.14. The van der Waals surface area contributed by atoms with Crippen molar-refractivity contribution in [2.45, 2.75) is 25.0 Å². The fourth-order valence-electron chi connectivity index (χ4n) is 4.09. The summed E-state index contributed by atoms with van der Waals surface area (Å²) in [5.74, 6) is -1.85. The van der Waals surface area contributed by atoms with E-state index >= 15 is 0 Å². The molecular weight excluding hydrogens is 368 g/mol. The van der Waals surface area contributed by atoms with E-state index < -0.39 is 22.6 Å². The number of quaternary nitrogens is 1. The molecule has 1 aromatic carbocycles. The van der Waals surface area contributed by atoms with Gasteiger partial charge < -0.3 is 24.9 Å². The Bertz CT molecular complexity index is 839. The lowest BCUT2D eigenvalue weighted by Gasteiger charge is -2.45. The molecule has 2 saturated heterocycles. The number of nitrogens with one attached hydrogen (secondary N) is 1. The first-order chi connectivity index (χ1) is 13.3. The average molecular weight is 390 g/mol. The maximum atomic E-state index is 13.6. The molecule has 150 valence electrons. The molecule has 10 nitrogen and oxygen atoms in total. The summed E-state index contributed by atoms with van der Waals surface area (Å²) in [6.45, 7) is 0.962. The second-order valence-electron chi connectivity index (χ2n) is 7.51. The van der Waals surface area contributed by atoms with Crippen LogP contribution in [0.3, 0.4) is 0 Å². The van der Waals surface area contributed by atoms with Gasteiger partial charge in [-0.1, -0.05) is 0 Å². The van der Waals surface area contributed by atoms with Crippen LogP contribution in [-0.4, -0.2) is 68.4 Å². The summed E-state index contributed by atoms with van der Waals surface area (Å²) >= 11 is 0. The maximum Gasteiger partial charge on any atom is 0.329 e. The molecule has 2 unspecified atom stereocenters. The Labute approximate surface area is 161 Å². The monoisotopic (exact) mass is 390 g/mol. The molecule has 2 fully saturated rings. The number of ether oxygens (including phenoxy) is 1. The van der Waals surface area contributed by atoms with Gasteiger partial charge in [0, 0.05) is 44.7 Å². The minimum atomic E-state index is -0.990. The van der Waals surface area contributed by atoms with Crippen LogP contribution >= 0.6 is 0 Å². The summed E-state index contributed by atoms with van der Waals surface area (Å²) in [6, 6.07) is 4.65. The minimum Gasteiger partial charge on any atom is -0.625 e. The molecule has 0 aliphatic carbocycles. The number of hydrogen-bond donors (Lipinski definition) is 2. The number of carboxylic acid groups (broad SMARTS) is 1. The maximum absolute atomic E-state index is 13.6. The van der Waals surface area contributed by atoms with Crippen LogP contribution in [0.5, 0.6) is 0 Å². The second kappa shape index (κ2) is 6.73. The van der Waals surface area contributed by atoms with E-state index in [0.717, 1.165) is 11.4 Å². The number of piperidine rings is 1. The van der Waals surface area contributed by atoms with Crippen molar-refractivity contribution in [2.75, 3.05) is 43.2 Å². The lowest BCUT2D eigenvalue weighted by Crippen LogP contribution is -2.62. The van der Waals surface area contributed by atoms with Crippen molar-refractivity contribution in [1.82, 2.24) is 9.96 Å². The van der Waals surface area contributed by atoms with Gasteiger partial charge >= 0.3 is 5.97 Å². The molecule has 0 saturated carbocycles. The van der Waals surface area contributed by atoms with Crippen molar-refractivity contribution < 1.29 is 24.2 Å². The van der Waals surface area contributed by atoms with Crippen LogP contribution < -0.4 is 19.8 Å². The molecule has 0 aromatic heterocycles. The van der Waals surface area contributed by atoms with Crippen molar-refractivity contribution in [2.24, 2.45) is 0 Å². The third kappa shape index (κ3) is 3.09. The molecule has 0 spiro atoms. The quantitative estimate of drug-likeness (QED) is 0.409. The van der Waals surface area contributed by atoms with Crippen molar-refractivity contribution in [1.29, 1.82) is 0 Å². The number of anilines is 2. The van der Waals surface area contributed by atoms with E-state index in [2.05, 4.69) is 5.32 Å². The molecule has 4 rings (SSSR count). The van der Waals surface area contributed by atoms with Crippen molar-refractivity contribution >= 4 is 34.8 Å². The largest absolute Gasteiger partial charge is 0.625 e. The van der Waals surface area contributed by atoms with E-state index in [-0.39, 0.29) is 38.1 Å². The standard InChI is InChI=1S/C18H22N4O6/c1-20-10-22(27,15-4-5-16(23)19-18(15)26)14-3-2-11(6-13(14)20)21-7-12(8-21)28-9-17(24)25/h2-3,6,12,15H,4-5,7-10H2,1H3,(H,24,25)(H,19,23,26). The Morgan fingerprint density at radius 2 is 2.14 bits per heavy atom. The summed E-state index contributed by atoms with van der Waals surface area (Å²) in [7, 11) is 1.81. The molecule has 3 aliphatic rings. The number of fused-ring (bicyclic) bond motifs is 1. The van der Waals surface area contributed by atoms with E-state index in [1.54, 1.807) is 13.1 Å². The number of aliphatic carboxylic acids is 1. The number of carbonyl (C=O) groups is 3. The third-order valence-electron chi connectivity index (χ3n) is 5.57. The van der Waals surface area contributed by atoms with Crippen LogP contribution in [0.1, 0.15) is 12.8 Å². The number of nitrogens with zero attached hydrogens (tertiary/aromatic N) is 3. The first-order valence-electron chi connectivity index (χ1n) is 9.14. The van der Waals surface area contributed by atoms with Crippen LogP contribution in [0.4, 0.5) is 17.1 Å². The topological polar surface area (TPSA) is 122 Å². The number of carboxylic acids is 1. The summed E-state index contributed by atoms with van der Waals surface area (Å²) in [4.78, 5) is 38.1. The smallest absolute Gasteiger partial charge is 0.329 e. The highest BCUT2D eigenvalue weighted by Crippen LogP contribution is 2.45. The summed E-state index contributed by atoms with van der Waals surface area (Å²) in [5.41, 5.74) is 2.18. The van der Waals surface area contributed by atoms with Crippen LogP contribution in [0.25, 0.3) is 0 Å². The number of imide groups is 1. The molecular formula is C18H22N4O6. The zero-order valence-corrected chi connectivity index (χ0v) is 15.5. The van der Waals surface area contributed by atoms with E-state index in [1.165, 1.54) is 0 Å². The number of hydroxylamine groups is 2. The van der Waals surface area contributed by atoms with Gasteiger partial charge in [-0.3, -0.25) is 19.6 Å².